The van der Waals surface area contributed by atoms with Gasteiger partial charge in [0.1, 0.15) is 5.69 Å². The number of rotatable bonds is 1. The summed E-state index contributed by atoms with van der Waals surface area (Å²) in [5.74, 6) is 0. The topological polar surface area (TPSA) is 70.9 Å². The molecule has 0 unspecified atom stereocenters. The molecule has 1 rings (SSSR count). The van der Waals surface area contributed by atoms with Crippen molar-refractivity contribution in [3.8, 4) is 0 Å². The van der Waals surface area contributed by atoms with Crippen LogP contribution >= 0.6 is 0 Å². The molecule has 4 heteroatoms. The highest BCUT2D eigenvalue weighted by Crippen LogP contribution is 2.11. The van der Waals surface area contributed by atoms with Crippen LogP contribution in [0.5, 0.6) is 0 Å². The Bertz CT molecular complexity index is 316. The Morgan fingerprint density at radius 3 is 2.82 bits per heavy atom. The van der Waals surface area contributed by atoms with Gasteiger partial charge in [0.25, 0.3) is 5.56 Å². The zero-order valence-corrected chi connectivity index (χ0v) is 6.56. The highest BCUT2D eigenvalue weighted by Gasteiger charge is 2.00. The van der Waals surface area contributed by atoms with Crippen LogP contribution in [0, 0.1) is 6.92 Å². The molecule has 1 aromatic rings. The third kappa shape index (κ3) is 1.34. The van der Waals surface area contributed by atoms with E-state index in [0.29, 0.717) is 5.69 Å². The highest BCUT2D eigenvalue weighted by molar-refractivity contribution is 5.64. The summed E-state index contributed by atoms with van der Waals surface area (Å²) in [6.07, 6.45) is 0. The van der Waals surface area contributed by atoms with Gasteiger partial charge in [-0.05, 0) is 13.0 Å². The normalized spacial score (nSPS) is 9.64. The van der Waals surface area contributed by atoms with Crippen LogP contribution in [-0.2, 0) is 0 Å². The molecule has 0 spiro atoms. The van der Waals surface area contributed by atoms with Crippen LogP contribution in [0.25, 0.3) is 0 Å². The minimum atomic E-state index is -0.241. The lowest BCUT2D eigenvalue weighted by Crippen LogP contribution is -2.14. The minimum absolute atomic E-state index is 0.234. The van der Waals surface area contributed by atoms with Crippen molar-refractivity contribution in [1.29, 1.82) is 0 Å². The minimum Gasteiger partial charge on any atom is -0.393 e. The molecule has 0 saturated heterocycles. The molecule has 1 heterocycles. The quantitative estimate of drug-likeness (QED) is 0.543. The molecule has 0 bridgehead atoms. The maximum atomic E-state index is 11.0. The van der Waals surface area contributed by atoms with Crippen LogP contribution in [0.2, 0.25) is 0 Å². The maximum absolute atomic E-state index is 11.0. The molecule has 60 valence electrons. The van der Waals surface area contributed by atoms with Gasteiger partial charge in [0.15, 0.2) is 0 Å². The monoisotopic (exact) mass is 153 g/mol. The van der Waals surface area contributed by atoms with Crippen molar-refractivity contribution in [1.82, 2.24) is 4.98 Å². The number of nitrogens with one attached hydrogen (secondary N) is 2. The molecule has 4 N–H and O–H groups in total. The lowest BCUT2D eigenvalue weighted by Gasteiger charge is -2.03. The molecule has 0 atom stereocenters. The number of aromatic nitrogens is 1. The van der Waals surface area contributed by atoms with E-state index < -0.39 is 0 Å². The molecule has 0 aliphatic rings. The van der Waals surface area contributed by atoms with Crippen molar-refractivity contribution in [3.05, 3.63) is 22.1 Å². The number of aromatic amines is 1. The summed E-state index contributed by atoms with van der Waals surface area (Å²) in [6.45, 7) is 1.81. The van der Waals surface area contributed by atoms with E-state index in [-0.39, 0.29) is 11.2 Å². The Balaban J connectivity index is 3.36. The molecule has 1 aromatic heterocycles. The molecule has 0 aliphatic carbocycles. The molecule has 4 nitrogen and oxygen atoms in total. The summed E-state index contributed by atoms with van der Waals surface area (Å²) in [5.41, 5.74) is 6.92. The first kappa shape index (κ1) is 7.65. The predicted octanol–water partition coefficient (Wildman–Crippen LogP) is 0.307. The molecular weight excluding hydrogens is 142 g/mol. The first-order valence-electron chi connectivity index (χ1n) is 3.32. The van der Waals surface area contributed by atoms with Crippen LogP contribution in [0.15, 0.2) is 10.9 Å². The van der Waals surface area contributed by atoms with Crippen LogP contribution in [0.3, 0.4) is 0 Å². The number of H-pyrrole nitrogens is 1. The van der Waals surface area contributed by atoms with Crippen LogP contribution in [0.4, 0.5) is 11.4 Å². The first-order chi connectivity index (χ1) is 5.15. The summed E-state index contributed by atoms with van der Waals surface area (Å²) < 4.78 is 0. The van der Waals surface area contributed by atoms with Gasteiger partial charge >= 0.3 is 0 Å². The molecule has 0 fully saturated rings. The van der Waals surface area contributed by atoms with Gasteiger partial charge in [0.2, 0.25) is 0 Å². The van der Waals surface area contributed by atoms with E-state index >= 15 is 0 Å². The van der Waals surface area contributed by atoms with E-state index in [4.69, 9.17) is 5.73 Å². The standard InChI is InChI=1S/C7H11N3O/c1-4-3-5(9-2)6(8)7(11)10-4/h3H,8H2,1-2H3,(H2,9,10,11). The third-order valence-electron chi connectivity index (χ3n) is 1.48. The zero-order valence-electron chi connectivity index (χ0n) is 6.56. The van der Waals surface area contributed by atoms with Crippen LogP contribution < -0.4 is 16.6 Å². The van der Waals surface area contributed by atoms with Crippen molar-refractivity contribution in [2.24, 2.45) is 0 Å². The molecule has 0 aliphatic heterocycles. The number of hydrogen-bond acceptors (Lipinski definition) is 3. The Hall–Kier alpha value is -1.45. The zero-order chi connectivity index (χ0) is 8.43. The second-order valence-corrected chi connectivity index (χ2v) is 2.36. The van der Waals surface area contributed by atoms with Gasteiger partial charge in [-0.3, -0.25) is 4.79 Å². The second-order valence-electron chi connectivity index (χ2n) is 2.36. The summed E-state index contributed by atoms with van der Waals surface area (Å²) in [6, 6.07) is 1.79. The maximum Gasteiger partial charge on any atom is 0.273 e. The molecule has 0 aromatic carbocycles. The third-order valence-corrected chi connectivity index (χ3v) is 1.48. The van der Waals surface area contributed by atoms with Gasteiger partial charge in [-0.2, -0.15) is 0 Å². The molecule has 11 heavy (non-hydrogen) atoms. The van der Waals surface area contributed by atoms with Crippen LogP contribution in [0.1, 0.15) is 5.69 Å². The summed E-state index contributed by atoms with van der Waals surface area (Å²) in [5, 5.41) is 2.83. The number of hydrogen-bond donors (Lipinski definition) is 3. The number of pyridine rings is 1. The summed E-state index contributed by atoms with van der Waals surface area (Å²) >= 11 is 0. The van der Waals surface area contributed by atoms with Gasteiger partial charge in [-0.1, -0.05) is 0 Å². The van der Waals surface area contributed by atoms with E-state index in [0.717, 1.165) is 5.69 Å². The lowest BCUT2D eigenvalue weighted by atomic mass is 10.3. The SMILES string of the molecule is CNc1cc(C)[nH]c(=O)c1N. The Morgan fingerprint density at radius 1 is 1.64 bits per heavy atom. The molecule has 0 radical (unpaired) electrons. The van der Waals surface area contributed by atoms with Crippen molar-refractivity contribution >= 4 is 11.4 Å². The van der Waals surface area contributed by atoms with Gasteiger partial charge in [-0.15, -0.1) is 0 Å². The smallest absolute Gasteiger partial charge is 0.273 e. The number of nitrogen functional groups attached to an aromatic ring is 1. The molecule has 0 amide bonds. The molecular formula is C7H11N3O. The number of nitrogens with two attached hydrogens (primary N) is 1. The van der Waals surface area contributed by atoms with E-state index in [1.807, 2.05) is 6.92 Å². The summed E-state index contributed by atoms with van der Waals surface area (Å²) in [4.78, 5) is 13.6. The van der Waals surface area contributed by atoms with Crippen molar-refractivity contribution in [3.63, 3.8) is 0 Å². The van der Waals surface area contributed by atoms with Crippen molar-refractivity contribution in [2.75, 3.05) is 18.1 Å². The van der Waals surface area contributed by atoms with Gasteiger partial charge in [-0.25, -0.2) is 0 Å². The average Bonchev–Trinajstić information content (AvgIpc) is 1.96. The van der Waals surface area contributed by atoms with E-state index in [1.165, 1.54) is 0 Å². The first-order valence-corrected chi connectivity index (χ1v) is 3.32. The van der Waals surface area contributed by atoms with Gasteiger partial charge < -0.3 is 16.0 Å². The van der Waals surface area contributed by atoms with E-state index in [2.05, 4.69) is 10.3 Å². The Labute approximate surface area is 64.4 Å². The van der Waals surface area contributed by atoms with E-state index in [9.17, 15) is 4.79 Å². The Morgan fingerprint density at radius 2 is 2.27 bits per heavy atom. The number of anilines is 2. The second kappa shape index (κ2) is 2.65. The predicted molar refractivity (Wildman–Crippen MR) is 45.8 cm³/mol. The number of aryl methyl sites for hydroxylation is 1. The van der Waals surface area contributed by atoms with E-state index in [1.54, 1.807) is 13.1 Å². The van der Waals surface area contributed by atoms with Crippen molar-refractivity contribution in [2.45, 2.75) is 6.92 Å². The highest BCUT2D eigenvalue weighted by atomic mass is 16.1. The lowest BCUT2D eigenvalue weighted by molar-refractivity contribution is 1.15. The molecule has 0 saturated carbocycles. The fourth-order valence-corrected chi connectivity index (χ4v) is 0.906. The van der Waals surface area contributed by atoms with Crippen LogP contribution in [-0.4, -0.2) is 12.0 Å². The largest absolute Gasteiger partial charge is 0.393 e. The fourth-order valence-electron chi connectivity index (χ4n) is 0.906. The fraction of sp³-hybridized carbons (Fsp3) is 0.286. The average molecular weight is 153 g/mol. The van der Waals surface area contributed by atoms with Crippen molar-refractivity contribution < 1.29 is 0 Å². The Kier molecular flexibility index (Phi) is 1.85. The van der Waals surface area contributed by atoms with Gasteiger partial charge in [0.05, 0.1) is 5.69 Å². The van der Waals surface area contributed by atoms with Gasteiger partial charge in [0, 0.05) is 12.7 Å². The summed E-state index contributed by atoms with van der Waals surface area (Å²) in [7, 11) is 1.73.